The van der Waals surface area contributed by atoms with Gasteiger partial charge in [-0.15, -0.1) is 0 Å². The number of benzene rings is 2. The maximum absolute atomic E-state index is 10.9. The number of carboxylic acid groups (broad SMARTS) is 1. The van der Waals surface area contributed by atoms with Crippen molar-refractivity contribution in [3.63, 3.8) is 0 Å². The van der Waals surface area contributed by atoms with Crippen LogP contribution in [0.15, 0.2) is 42.0 Å². The Morgan fingerprint density at radius 1 is 1.28 bits per heavy atom. The molecule has 0 aliphatic heterocycles. The van der Waals surface area contributed by atoms with Crippen molar-refractivity contribution in [2.45, 2.75) is 6.61 Å². The molecular formula is C18H13Cl2NO4. The van der Waals surface area contributed by atoms with E-state index in [0.717, 1.165) is 5.56 Å². The predicted octanol–water partition coefficient (Wildman–Crippen LogP) is 4.57. The van der Waals surface area contributed by atoms with E-state index in [-0.39, 0.29) is 11.6 Å². The van der Waals surface area contributed by atoms with Gasteiger partial charge in [0.15, 0.2) is 11.5 Å². The van der Waals surface area contributed by atoms with Gasteiger partial charge in [0.25, 0.3) is 0 Å². The first kappa shape index (κ1) is 18.7. The Balaban J connectivity index is 2.33. The molecule has 0 bridgehead atoms. The van der Waals surface area contributed by atoms with Crippen LogP contribution in [0.3, 0.4) is 0 Å². The summed E-state index contributed by atoms with van der Waals surface area (Å²) < 4.78 is 11.0. The van der Waals surface area contributed by atoms with Crippen molar-refractivity contribution in [2.75, 3.05) is 7.11 Å². The average molecular weight is 378 g/mol. The molecule has 0 unspecified atom stereocenters. The molecule has 2 aromatic rings. The van der Waals surface area contributed by atoms with Gasteiger partial charge >= 0.3 is 5.97 Å². The molecule has 0 aliphatic carbocycles. The molecule has 2 rings (SSSR count). The van der Waals surface area contributed by atoms with Gasteiger partial charge in [-0.25, -0.2) is 4.79 Å². The molecule has 0 aliphatic rings. The lowest BCUT2D eigenvalue weighted by Gasteiger charge is -2.14. The number of nitriles is 1. The summed E-state index contributed by atoms with van der Waals surface area (Å²) in [6.07, 6.45) is 1.20. The first-order chi connectivity index (χ1) is 12.0. The second-order valence-corrected chi connectivity index (χ2v) is 5.70. The molecule has 0 heterocycles. The van der Waals surface area contributed by atoms with Gasteiger partial charge in [0, 0.05) is 10.6 Å². The fraction of sp³-hybridized carbons (Fsp3) is 0.111. The van der Waals surface area contributed by atoms with E-state index in [2.05, 4.69) is 0 Å². The van der Waals surface area contributed by atoms with Crippen LogP contribution in [0.2, 0.25) is 10.0 Å². The third-order valence-electron chi connectivity index (χ3n) is 3.24. The standard InChI is InChI=1S/C18H13Cl2NO4/c1-24-16-8-11(6-13(9-21)18(22)23)7-15(20)17(16)25-10-12-4-2-3-5-14(12)19/h2-8H,10H2,1H3,(H,22,23). The smallest absolute Gasteiger partial charge is 0.346 e. The summed E-state index contributed by atoms with van der Waals surface area (Å²) in [5.41, 5.74) is 0.776. The molecule has 25 heavy (non-hydrogen) atoms. The molecule has 0 saturated heterocycles. The lowest BCUT2D eigenvalue weighted by atomic mass is 10.1. The molecule has 1 N–H and O–H groups in total. The Bertz CT molecular complexity index is 872. The highest BCUT2D eigenvalue weighted by Crippen LogP contribution is 2.37. The van der Waals surface area contributed by atoms with Crippen molar-refractivity contribution >= 4 is 35.2 Å². The second-order valence-electron chi connectivity index (χ2n) is 4.89. The van der Waals surface area contributed by atoms with Crippen LogP contribution in [0.1, 0.15) is 11.1 Å². The Labute approximate surface area is 154 Å². The number of hydrogen-bond donors (Lipinski definition) is 1. The van der Waals surface area contributed by atoms with E-state index >= 15 is 0 Å². The van der Waals surface area contributed by atoms with E-state index in [1.807, 2.05) is 18.2 Å². The van der Waals surface area contributed by atoms with Crippen molar-refractivity contribution in [3.05, 3.63) is 63.1 Å². The maximum atomic E-state index is 10.9. The fourth-order valence-corrected chi connectivity index (χ4v) is 2.50. The van der Waals surface area contributed by atoms with Crippen LogP contribution >= 0.6 is 23.2 Å². The van der Waals surface area contributed by atoms with Gasteiger partial charge in [0.1, 0.15) is 18.2 Å². The number of rotatable bonds is 6. The Morgan fingerprint density at radius 2 is 2.00 bits per heavy atom. The molecule has 7 heteroatoms. The molecule has 0 radical (unpaired) electrons. The monoisotopic (exact) mass is 377 g/mol. The van der Waals surface area contributed by atoms with Crippen LogP contribution in [0, 0.1) is 11.3 Å². The summed E-state index contributed by atoms with van der Waals surface area (Å²) in [7, 11) is 1.43. The number of nitrogens with zero attached hydrogens (tertiary/aromatic N) is 1. The van der Waals surface area contributed by atoms with Crippen molar-refractivity contribution in [2.24, 2.45) is 0 Å². The van der Waals surface area contributed by atoms with Crippen molar-refractivity contribution < 1.29 is 19.4 Å². The quantitative estimate of drug-likeness (QED) is 0.588. The lowest BCUT2D eigenvalue weighted by molar-refractivity contribution is -0.132. The number of ether oxygens (including phenoxy) is 2. The summed E-state index contributed by atoms with van der Waals surface area (Å²) in [5, 5.41) is 18.6. The van der Waals surface area contributed by atoms with Crippen LogP contribution in [0.5, 0.6) is 11.5 Å². The average Bonchev–Trinajstić information content (AvgIpc) is 2.59. The van der Waals surface area contributed by atoms with Crippen LogP contribution in [-0.4, -0.2) is 18.2 Å². The normalized spacial score (nSPS) is 10.9. The molecular weight excluding hydrogens is 365 g/mol. The highest BCUT2D eigenvalue weighted by Gasteiger charge is 2.14. The third-order valence-corrected chi connectivity index (χ3v) is 3.89. The number of halogens is 2. The topological polar surface area (TPSA) is 79.5 Å². The zero-order chi connectivity index (χ0) is 18.4. The second kappa shape index (κ2) is 8.43. The molecule has 2 aromatic carbocycles. The molecule has 5 nitrogen and oxygen atoms in total. The minimum absolute atomic E-state index is 0.184. The van der Waals surface area contributed by atoms with Gasteiger partial charge in [0.2, 0.25) is 0 Å². The summed E-state index contributed by atoms with van der Waals surface area (Å²) in [5.74, 6) is -0.708. The van der Waals surface area contributed by atoms with Crippen LogP contribution < -0.4 is 9.47 Å². The molecule has 0 amide bonds. The lowest BCUT2D eigenvalue weighted by Crippen LogP contribution is -2.00. The fourth-order valence-electron chi connectivity index (χ4n) is 2.04. The number of methoxy groups -OCH3 is 1. The highest BCUT2D eigenvalue weighted by molar-refractivity contribution is 6.32. The van der Waals surface area contributed by atoms with Crippen LogP contribution in [-0.2, 0) is 11.4 Å². The summed E-state index contributed by atoms with van der Waals surface area (Å²) >= 11 is 12.3. The highest BCUT2D eigenvalue weighted by atomic mass is 35.5. The molecule has 0 saturated carbocycles. The molecule has 0 fully saturated rings. The number of carbonyl (C=O) groups is 1. The minimum atomic E-state index is -1.32. The van der Waals surface area contributed by atoms with Gasteiger partial charge in [-0.2, -0.15) is 5.26 Å². The summed E-state index contributed by atoms with van der Waals surface area (Å²) in [6, 6.07) is 11.9. The van der Waals surface area contributed by atoms with Crippen molar-refractivity contribution in [1.82, 2.24) is 0 Å². The SMILES string of the molecule is COc1cc(C=C(C#N)C(=O)O)cc(Cl)c1OCc1ccccc1Cl. The van der Waals surface area contributed by atoms with E-state index in [9.17, 15) is 4.79 Å². The van der Waals surface area contributed by atoms with E-state index in [4.69, 9.17) is 43.0 Å². The van der Waals surface area contributed by atoms with E-state index < -0.39 is 11.5 Å². The molecule has 0 atom stereocenters. The predicted molar refractivity (Wildman–Crippen MR) is 95.0 cm³/mol. The molecule has 0 spiro atoms. The Kier molecular flexibility index (Phi) is 6.29. The van der Waals surface area contributed by atoms with Gasteiger partial charge in [-0.3, -0.25) is 0 Å². The first-order valence-corrected chi connectivity index (χ1v) is 7.80. The third kappa shape index (κ3) is 4.66. The first-order valence-electron chi connectivity index (χ1n) is 7.05. The van der Waals surface area contributed by atoms with Gasteiger partial charge < -0.3 is 14.6 Å². The number of hydrogen-bond acceptors (Lipinski definition) is 4. The van der Waals surface area contributed by atoms with Crippen LogP contribution in [0.4, 0.5) is 0 Å². The maximum Gasteiger partial charge on any atom is 0.346 e. The van der Waals surface area contributed by atoms with Gasteiger partial charge in [-0.05, 0) is 29.8 Å². The van der Waals surface area contributed by atoms with E-state index in [0.29, 0.717) is 22.1 Å². The van der Waals surface area contributed by atoms with Crippen molar-refractivity contribution in [3.8, 4) is 17.6 Å². The van der Waals surface area contributed by atoms with E-state index in [1.54, 1.807) is 12.1 Å². The zero-order valence-electron chi connectivity index (χ0n) is 13.1. The Morgan fingerprint density at radius 3 is 2.60 bits per heavy atom. The van der Waals surface area contributed by atoms with E-state index in [1.165, 1.54) is 25.3 Å². The van der Waals surface area contributed by atoms with Crippen molar-refractivity contribution in [1.29, 1.82) is 5.26 Å². The number of aliphatic carboxylic acids is 1. The minimum Gasteiger partial charge on any atom is -0.493 e. The summed E-state index contributed by atoms with van der Waals surface area (Å²) in [4.78, 5) is 10.9. The van der Waals surface area contributed by atoms with Crippen LogP contribution in [0.25, 0.3) is 6.08 Å². The molecule has 128 valence electrons. The Hall–Kier alpha value is -2.68. The largest absolute Gasteiger partial charge is 0.493 e. The molecule has 0 aromatic heterocycles. The zero-order valence-corrected chi connectivity index (χ0v) is 14.6. The number of carboxylic acids is 1. The van der Waals surface area contributed by atoms with Gasteiger partial charge in [0.05, 0.1) is 12.1 Å². The summed E-state index contributed by atoms with van der Waals surface area (Å²) in [6.45, 7) is 0.184. The van der Waals surface area contributed by atoms with Gasteiger partial charge in [-0.1, -0.05) is 41.4 Å².